The van der Waals surface area contributed by atoms with Crippen LogP contribution < -0.4 is 0 Å². The molecule has 0 aromatic heterocycles. The first-order valence-electron chi connectivity index (χ1n) is 10.4. The number of hydrogen-bond acceptors (Lipinski definition) is 6. The molecule has 0 radical (unpaired) electrons. The number of carboxylic acids is 2. The van der Waals surface area contributed by atoms with Crippen molar-refractivity contribution < 1.29 is 55.6 Å². The first-order chi connectivity index (χ1) is 15.2. The van der Waals surface area contributed by atoms with Crippen LogP contribution in [0.3, 0.4) is 0 Å². The number of likely N-dealkylation sites (tertiary alicyclic amines) is 1. The number of halogens is 6. The van der Waals surface area contributed by atoms with Gasteiger partial charge in [0.05, 0.1) is 13.2 Å². The van der Waals surface area contributed by atoms with Gasteiger partial charge in [-0.1, -0.05) is 0 Å². The van der Waals surface area contributed by atoms with E-state index < -0.39 is 24.3 Å². The van der Waals surface area contributed by atoms with Gasteiger partial charge in [-0.3, -0.25) is 4.90 Å². The minimum Gasteiger partial charge on any atom is -0.475 e. The molecule has 3 heterocycles. The molecule has 0 aromatic carbocycles. The second-order valence-corrected chi connectivity index (χ2v) is 8.16. The van der Waals surface area contributed by atoms with Crippen molar-refractivity contribution in [2.75, 3.05) is 59.7 Å². The molecule has 8 nitrogen and oxygen atoms in total. The average Bonchev–Trinajstić information content (AvgIpc) is 2.72. The summed E-state index contributed by atoms with van der Waals surface area (Å²) in [7, 11) is 2.27. The fourth-order valence-electron chi connectivity index (χ4n) is 3.78. The van der Waals surface area contributed by atoms with Gasteiger partial charge in [-0.25, -0.2) is 9.59 Å². The molecule has 3 rings (SSSR count). The Morgan fingerprint density at radius 3 is 1.73 bits per heavy atom. The Hall–Kier alpha value is -1.64. The summed E-state index contributed by atoms with van der Waals surface area (Å²) in [6, 6.07) is 0. The molecule has 0 bridgehead atoms. The maximum atomic E-state index is 10.6. The van der Waals surface area contributed by atoms with E-state index in [1.165, 1.54) is 45.3 Å². The highest BCUT2D eigenvalue weighted by Crippen LogP contribution is 2.31. The van der Waals surface area contributed by atoms with Crippen molar-refractivity contribution in [1.29, 1.82) is 0 Å². The number of rotatable bonds is 2. The smallest absolute Gasteiger partial charge is 0.475 e. The van der Waals surface area contributed by atoms with Gasteiger partial charge < -0.3 is 24.6 Å². The summed E-state index contributed by atoms with van der Waals surface area (Å²) in [4.78, 5) is 23.0. The van der Waals surface area contributed by atoms with Crippen molar-refractivity contribution >= 4 is 11.9 Å². The Bertz CT molecular complexity index is 593. The molecule has 0 aliphatic carbocycles. The first-order valence-corrected chi connectivity index (χ1v) is 10.4. The number of hydrogen-bond donors (Lipinski definition) is 2. The summed E-state index contributed by atoms with van der Waals surface area (Å²) in [6.45, 7) is 8.65. The number of piperidine rings is 1. The lowest BCUT2D eigenvalue weighted by atomic mass is 9.85. The van der Waals surface area contributed by atoms with Crippen molar-refractivity contribution in [1.82, 2.24) is 9.80 Å². The van der Waals surface area contributed by atoms with E-state index in [0.717, 1.165) is 38.9 Å². The number of nitrogens with zero attached hydrogens (tertiary/aromatic N) is 2. The molecule has 0 aromatic rings. The summed E-state index contributed by atoms with van der Waals surface area (Å²) in [5.41, 5.74) is 0.338. The fourth-order valence-corrected chi connectivity index (χ4v) is 3.78. The number of carbonyl (C=O) groups is 2. The zero-order valence-corrected chi connectivity index (χ0v) is 18.3. The Kier molecular flexibility index (Phi) is 11.3. The summed E-state index contributed by atoms with van der Waals surface area (Å²) in [6.07, 6.45) is -5.12. The van der Waals surface area contributed by atoms with Crippen molar-refractivity contribution in [2.45, 2.75) is 43.6 Å². The lowest BCUT2D eigenvalue weighted by molar-refractivity contribution is -0.193. The minimum absolute atomic E-state index is 0.338. The Labute approximate surface area is 187 Å². The molecule has 3 aliphatic rings. The third kappa shape index (κ3) is 10.4. The van der Waals surface area contributed by atoms with Crippen LogP contribution in [0.2, 0.25) is 0 Å². The van der Waals surface area contributed by atoms with Gasteiger partial charge in [0.1, 0.15) is 0 Å². The Balaban J connectivity index is 0.000000324. The maximum absolute atomic E-state index is 10.6. The van der Waals surface area contributed by atoms with Gasteiger partial charge in [0.25, 0.3) is 0 Å². The van der Waals surface area contributed by atoms with Crippen LogP contribution in [0.1, 0.15) is 25.7 Å². The summed E-state index contributed by atoms with van der Waals surface area (Å²) >= 11 is 0. The third-order valence-electron chi connectivity index (χ3n) is 5.88. The third-order valence-corrected chi connectivity index (χ3v) is 5.88. The predicted molar refractivity (Wildman–Crippen MR) is 103 cm³/mol. The SMILES string of the molecule is CN1CCOCC12CCN(CC1CCOCC1)CC2.O=C(O)C(F)(F)F.O=C(O)C(F)(F)F. The molecule has 3 aliphatic heterocycles. The van der Waals surface area contributed by atoms with Crippen LogP contribution in [-0.4, -0.2) is 109 Å². The molecule has 0 unspecified atom stereocenters. The lowest BCUT2D eigenvalue weighted by Gasteiger charge is -2.50. The Morgan fingerprint density at radius 2 is 1.33 bits per heavy atom. The molecule has 3 saturated heterocycles. The van der Waals surface area contributed by atoms with Crippen LogP contribution in [0.5, 0.6) is 0 Å². The molecule has 14 heteroatoms. The number of morpholine rings is 1. The normalized spacial score (nSPS) is 22.5. The quantitative estimate of drug-likeness (QED) is 0.563. The molecule has 0 atom stereocenters. The lowest BCUT2D eigenvalue weighted by Crippen LogP contribution is -2.60. The average molecular weight is 496 g/mol. The van der Waals surface area contributed by atoms with Gasteiger partial charge in [0.2, 0.25) is 0 Å². The van der Waals surface area contributed by atoms with E-state index in [4.69, 9.17) is 29.3 Å². The highest BCUT2D eigenvalue weighted by Gasteiger charge is 2.41. The van der Waals surface area contributed by atoms with E-state index in [1.54, 1.807) is 0 Å². The molecule has 0 amide bonds. The summed E-state index contributed by atoms with van der Waals surface area (Å²) in [5, 5.41) is 14.2. The number of carboxylic acid groups (broad SMARTS) is 2. The largest absolute Gasteiger partial charge is 0.490 e. The zero-order chi connectivity index (χ0) is 25.3. The number of likely N-dealkylation sites (N-methyl/N-ethyl adjacent to an activating group) is 1. The van der Waals surface area contributed by atoms with Crippen LogP contribution >= 0.6 is 0 Å². The van der Waals surface area contributed by atoms with Gasteiger partial charge in [0, 0.05) is 31.8 Å². The van der Waals surface area contributed by atoms with E-state index in [9.17, 15) is 26.3 Å². The minimum atomic E-state index is -5.08. The van der Waals surface area contributed by atoms with Gasteiger partial charge >= 0.3 is 24.3 Å². The topological polar surface area (TPSA) is 99.5 Å². The second-order valence-electron chi connectivity index (χ2n) is 8.16. The number of aliphatic carboxylic acids is 2. The number of alkyl halides is 6. The first kappa shape index (κ1) is 29.4. The van der Waals surface area contributed by atoms with Crippen molar-refractivity contribution in [2.24, 2.45) is 5.92 Å². The molecular weight excluding hydrogens is 466 g/mol. The van der Waals surface area contributed by atoms with E-state index >= 15 is 0 Å². The monoisotopic (exact) mass is 496 g/mol. The van der Waals surface area contributed by atoms with Crippen LogP contribution in [0, 0.1) is 5.92 Å². The number of ether oxygens (including phenoxy) is 2. The molecule has 194 valence electrons. The van der Waals surface area contributed by atoms with Crippen LogP contribution in [0.25, 0.3) is 0 Å². The highest BCUT2D eigenvalue weighted by molar-refractivity contribution is 5.73. The van der Waals surface area contributed by atoms with Gasteiger partial charge in [-0.2, -0.15) is 26.3 Å². The summed E-state index contributed by atoms with van der Waals surface area (Å²) in [5.74, 6) is -4.65. The highest BCUT2D eigenvalue weighted by atomic mass is 19.4. The van der Waals surface area contributed by atoms with Crippen LogP contribution in [0.4, 0.5) is 26.3 Å². The van der Waals surface area contributed by atoms with E-state index in [-0.39, 0.29) is 0 Å². The van der Waals surface area contributed by atoms with Crippen molar-refractivity contribution in [3.63, 3.8) is 0 Å². The van der Waals surface area contributed by atoms with E-state index in [2.05, 4.69) is 16.8 Å². The predicted octanol–water partition coefficient (Wildman–Crippen LogP) is 2.48. The van der Waals surface area contributed by atoms with Crippen LogP contribution in [0.15, 0.2) is 0 Å². The van der Waals surface area contributed by atoms with Crippen molar-refractivity contribution in [3.05, 3.63) is 0 Å². The van der Waals surface area contributed by atoms with Gasteiger partial charge in [-0.05, 0) is 51.7 Å². The van der Waals surface area contributed by atoms with Crippen molar-refractivity contribution in [3.8, 4) is 0 Å². The fraction of sp³-hybridized carbons (Fsp3) is 0.895. The molecular formula is C19H30F6N2O6. The van der Waals surface area contributed by atoms with Gasteiger partial charge in [-0.15, -0.1) is 0 Å². The molecule has 1 spiro atoms. The van der Waals surface area contributed by atoms with E-state index in [1.807, 2.05) is 0 Å². The molecule has 3 fully saturated rings. The van der Waals surface area contributed by atoms with Crippen LogP contribution in [-0.2, 0) is 19.1 Å². The van der Waals surface area contributed by atoms with Gasteiger partial charge in [0.15, 0.2) is 0 Å². The molecule has 0 saturated carbocycles. The standard InChI is InChI=1S/C15H28N2O2.2C2HF3O2/c1-16-8-11-19-13-15(16)4-6-17(7-5-15)12-14-2-9-18-10-3-14;2*3-2(4,5)1(6)7/h14H,2-13H2,1H3;2*(H,6,7). The Morgan fingerprint density at radius 1 is 0.879 bits per heavy atom. The zero-order valence-electron chi connectivity index (χ0n) is 18.3. The maximum Gasteiger partial charge on any atom is 0.490 e. The second kappa shape index (κ2) is 12.7. The summed E-state index contributed by atoms with van der Waals surface area (Å²) < 4.78 is 74.7. The van der Waals surface area contributed by atoms with E-state index in [0.29, 0.717) is 5.54 Å². The molecule has 33 heavy (non-hydrogen) atoms. The molecule has 2 N–H and O–H groups in total.